The van der Waals surface area contributed by atoms with E-state index in [0.29, 0.717) is 22.8 Å². The molecule has 2 unspecified atom stereocenters. The maximum absolute atomic E-state index is 12.0. The Balaban J connectivity index is 2.46. The van der Waals surface area contributed by atoms with Crippen LogP contribution in [0.1, 0.15) is 25.8 Å². The highest BCUT2D eigenvalue weighted by molar-refractivity contribution is 7.84. The summed E-state index contributed by atoms with van der Waals surface area (Å²) < 4.78 is 22.7. The third kappa shape index (κ3) is 3.84. The number of carbonyl (C=O) groups excluding carboxylic acids is 1. The highest BCUT2D eigenvalue weighted by atomic mass is 32.2. The molecule has 2 atom stereocenters. The van der Waals surface area contributed by atoms with E-state index < -0.39 is 10.8 Å². The largest absolute Gasteiger partial charge is 0.495 e. The quantitative estimate of drug-likeness (QED) is 0.884. The van der Waals surface area contributed by atoms with Gasteiger partial charge in [0.1, 0.15) is 16.4 Å². The first-order valence-electron chi connectivity index (χ1n) is 7.51. The van der Waals surface area contributed by atoms with E-state index in [0.717, 1.165) is 16.8 Å². The third-order valence-electron chi connectivity index (χ3n) is 3.87. The van der Waals surface area contributed by atoms with Crippen molar-refractivity contribution in [1.82, 2.24) is 5.43 Å². The van der Waals surface area contributed by atoms with Crippen LogP contribution >= 0.6 is 0 Å². The molecule has 7 heteroatoms. The van der Waals surface area contributed by atoms with Gasteiger partial charge < -0.3 is 9.47 Å². The van der Waals surface area contributed by atoms with Crippen LogP contribution in [0.3, 0.4) is 0 Å². The normalized spacial score (nSPS) is 19.4. The summed E-state index contributed by atoms with van der Waals surface area (Å²) in [5.41, 5.74) is 5.14. The van der Waals surface area contributed by atoms with Crippen molar-refractivity contribution >= 4 is 28.0 Å². The molecule has 0 bridgehead atoms. The van der Waals surface area contributed by atoms with E-state index in [2.05, 4.69) is 10.5 Å². The molecule has 1 N–H and O–H groups in total. The van der Waals surface area contributed by atoms with Crippen LogP contribution in [-0.4, -0.2) is 36.3 Å². The van der Waals surface area contributed by atoms with Crippen LogP contribution in [0.25, 0.3) is 5.57 Å². The molecular weight excluding hydrogens is 328 g/mol. The van der Waals surface area contributed by atoms with Crippen molar-refractivity contribution in [2.75, 3.05) is 20.5 Å². The summed E-state index contributed by atoms with van der Waals surface area (Å²) >= 11 is 0. The minimum atomic E-state index is -1.23. The van der Waals surface area contributed by atoms with Crippen molar-refractivity contribution in [3.63, 3.8) is 0 Å². The van der Waals surface area contributed by atoms with Crippen molar-refractivity contribution < 1.29 is 18.5 Å². The fourth-order valence-corrected chi connectivity index (χ4v) is 3.39. The van der Waals surface area contributed by atoms with E-state index in [1.165, 1.54) is 14.2 Å². The van der Waals surface area contributed by atoms with Crippen molar-refractivity contribution in [3.8, 4) is 11.5 Å². The third-order valence-corrected chi connectivity index (χ3v) is 4.85. The summed E-state index contributed by atoms with van der Waals surface area (Å²) in [6, 6.07) is 3.66. The molecule has 1 amide bonds. The van der Waals surface area contributed by atoms with E-state index in [1.807, 2.05) is 32.1 Å². The molecule has 0 saturated heterocycles. The first-order chi connectivity index (χ1) is 11.4. The average molecular weight is 350 g/mol. The van der Waals surface area contributed by atoms with Gasteiger partial charge in [0, 0.05) is 18.6 Å². The van der Waals surface area contributed by atoms with Gasteiger partial charge in [-0.05, 0) is 36.3 Å². The van der Waals surface area contributed by atoms with Crippen LogP contribution in [0.4, 0.5) is 0 Å². The Morgan fingerprint density at radius 2 is 1.92 bits per heavy atom. The first-order valence-corrected chi connectivity index (χ1v) is 9.07. The Morgan fingerprint density at radius 1 is 1.33 bits per heavy atom. The number of nitrogens with one attached hydrogen (secondary N) is 1. The molecule has 1 aromatic rings. The number of amides is 1. The second kappa shape index (κ2) is 7.61. The fourth-order valence-electron chi connectivity index (χ4n) is 2.54. The Morgan fingerprint density at radius 3 is 2.38 bits per heavy atom. The highest BCUT2D eigenvalue weighted by Gasteiger charge is 2.20. The van der Waals surface area contributed by atoms with E-state index in [9.17, 15) is 9.00 Å². The number of hydrazone groups is 1. The van der Waals surface area contributed by atoms with Crippen molar-refractivity contribution in [2.24, 2.45) is 11.0 Å². The SMILES string of the molecule is COc1cc(C(C)=CC2=NNC(=O)CC2C)cc(OC)c1S(C)=O. The Kier molecular flexibility index (Phi) is 5.77. The molecule has 24 heavy (non-hydrogen) atoms. The van der Waals surface area contributed by atoms with Crippen LogP contribution in [0.2, 0.25) is 0 Å². The summed E-state index contributed by atoms with van der Waals surface area (Å²) in [5.74, 6) is 1.02. The Hall–Kier alpha value is -2.15. The van der Waals surface area contributed by atoms with Crippen molar-refractivity contribution in [3.05, 3.63) is 23.8 Å². The van der Waals surface area contributed by atoms with Gasteiger partial charge in [-0.3, -0.25) is 9.00 Å². The Labute approximate surface area is 144 Å². The van der Waals surface area contributed by atoms with Gasteiger partial charge in [-0.15, -0.1) is 0 Å². The van der Waals surface area contributed by atoms with Gasteiger partial charge in [0.15, 0.2) is 0 Å². The molecule has 0 aliphatic carbocycles. The number of benzene rings is 1. The summed E-state index contributed by atoms with van der Waals surface area (Å²) in [6.45, 7) is 3.91. The van der Waals surface area contributed by atoms with Gasteiger partial charge in [-0.25, -0.2) is 5.43 Å². The second-order valence-corrected chi connectivity index (χ2v) is 6.98. The molecule has 1 aliphatic heterocycles. The molecule has 0 fully saturated rings. The van der Waals surface area contributed by atoms with Gasteiger partial charge in [0.25, 0.3) is 0 Å². The van der Waals surface area contributed by atoms with Crippen LogP contribution in [0, 0.1) is 5.92 Å². The number of nitrogens with zero attached hydrogens (tertiary/aromatic N) is 1. The molecule has 6 nitrogen and oxygen atoms in total. The molecule has 130 valence electrons. The summed E-state index contributed by atoms with van der Waals surface area (Å²) in [4.78, 5) is 11.9. The molecule has 0 radical (unpaired) electrons. The van der Waals surface area contributed by atoms with Crippen molar-refractivity contribution in [2.45, 2.75) is 25.2 Å². The van der Waals surface area contributed by atoms with Crippen molar-refractivity contribution in [1.29, 1.82) is 0 Å². The molecule has 0 aromatic heterocycles. The predicted molar refractivity (Wildman–Crippen MR) is 94.9 cm³/mol. The van der Waals surface area contributed by atoms with Gasteiger partial charge in [-0.2, -0.15) is 5.10 Å². The fraction of sp³-hybridized carbons (Fsp3) is 0.412. The predicted octanol–water partition coefficient (Wildman–Crippen LogP) is 2.36. The molecule has 0 spiro atoms. The van der Waals surface area contributed by atoms with Crippen LogP contribution < -0.4 is 14.9 Å². The highest BCUT2D eigenvalue weighted by Crippen LogP contribution is 2.35. The number of ether oxygens (including phenoxy) is 2. The zero-order valence-corrected chi connectivity index (χ0v) is 15.3. The number of hydrogen-bond donors (Lipinski definition) is 1. The molecule has 1 aliphatic rings. The lowest BCUT2D eigenvalue weighted by Gasteiger charge is -2.18. The lowest BCUT2D eigenvalue weighted by Crippen LogP contribution is -2.30. The van der Waals surface area contributed by atoms with E-state index in [4.69, 9.17) is 9.47 Å². The molecule has 1 aromatic carbocycles. The van der Waals surface area contributed by atoms with Crippen LogP contribution in [-0.2, 0) is 15.6 Å². The Bertz CT molecular complexity index is 715. The first kappa shape index (κ1) is 18.2. The average Bonchev–Trinajstić information content (AvgIpc) is 2.55. The zero-order valence-electron chi connectivity index (χ0n) is 14.5. The standard InChI is InChI=1S/C17H22N2O4S/c1-10(6-13-11(2)7-16(20)19-18-13)12-8-14(22-3)17(24(5)21)15(9-12)23-4/h6,8-9,11H,7H2,1-5H3,(H,19,20). The maximum Gasteiger partial charge on any atom is 0.240 e. The van der Waals surface area contributed by atoms with Gasteiger partial charge in [0.05, 0.1) is 30.7 Å². The lowest BCUT2D eigenvalue weighted by atomic mass is 9.96. The van der Waals surface area contributed by atoms with Gasteiger partial charge >= 0.3 is 0 Å². The van der Waals surface area contributed by atoms with E-state index in [-0.39, 0.29) is 11.8 Å². The molecule has 2 rings (SSSR count). The number of methoxy groups -OCH3 is 2. The second-order valence-electron chi connectivity index (χ2n) is 5.67. The summed E-state index contributed by atoms with van der Waals surface area (Å²) in [5, 5.41) is 4.12. The topological polar surface area (TPSA) is 77.0 Å². The number of hydrogen-bond acceptors (Lipinski definition) is 5. The van der Waals surface area contributed by atoms with Crippen LogP contribution in [0.15, 0.2) is 28.2 Å². The van der Waals surface area contributed by atoms with Gasteiger partial charge in [-0.1, -0.05) is 6.92 Å². The van der Waals surface area contributed by atoms with E-state index in [1.54, 1.807) is 6.26 Å². The molecule has 1 heterocycles. The molecule has 0 saturated carbocycles. The smallest absolute Gasteiger partial charge is 0.240 e. The zero-order chi connectivity index (χ0) is 17.9. The number of carbonyl (C=O) groups is 1. The summed E-state index contributed by atoms with van der Waals surface area (Å²) in [6.07, 6.45) is 3.94. The minimum Gasteiger partial charge on any atom is -0.495 e. The lowest BCUT2D eigenvalue weighted by molar-refractivity contribution is -0.121. The van der Waals surface area contributed by atoms with Crippen LogP contribution in [0.5, 0.6) is 11.5 Å². The van der Waals surface area contributed by atoms with E-state index >= 15 is 0 Å². The van der Waals surface area contributed by atoms with Gasteiger partial charge in [0.2, 0.25) is 5.91 Å². The number of rotatable bonds is 5. The minimum absolute atomic E-state index is 0.0555. The summed E-state index contributed by atoms with van der Waals surface area (Å²) in [7, 11) is 1.85. The molecular formula is C17H22N2O4S. The monoisotopic (exact) mass is 350 g/mol. The maximum atomic E-state index is 12.0. The number of allylic oxidation sites excluding steroid dienone is 2.